The number of methoxy groups -OCH3 is 1. The molecule has 0 bridgehead atoms. The van der Waals surface area contributed by atoms with Crippen LogP contribution >= 0.6 is 0 Å². The van der Waals surface area contributed by atoms with Crippen LogP contribution in [-0.4, -0.2) is 7.11 Å². The van der Waals surface area contributed by atoms with Crippen molar-refractivity contribution in [3.8, 4) is 11.5 Å². The Labute approximate surface area is 99.6 Å². The summed E-state index contributed by atoms with van der Waals surface area (Å²) in [5, 5.41) is 0. The Kier molecular flexibility index (Phi) is 3.60. The smallest absolute Gasteiger partial charge is 0.123 e. The van der Waals surface area contributed by atoms with Gasteiger partial charge in [-0.15, -0.1) is 0 Å². The topological polar surface area (TPSA) is 18.5 Å². The van der Waals surface area contributed by atoms with Gasteiger partial charge in [0.1, 0.15) is 23.9 Å². The molecule has 0 spiro atoms. The molecule has 0 atom stereocenters. The van der Waals surface area contributed by atoms with E-state index in [9.17, 15) is 4.39 Å². The first-order valence-electron chi connectivity index (χ1n) is 5.29. The largest absolute Gasteiger partial charge is 0.497 e. The van der Waals surface area contributed by atoms with Crippen molar-refractivity contribution in [3.05, 3.63) is 59.9 Å². The van der Waals surface area contributed by atoms with Crippen LogP contribution in [0.15, 0.2) is 48.5 Å². The van der Waals surface area contributed by atoms with Gasteiger partial charge in [0.05, 0.1) is 7.11 Å². The molecule has 0 unspecified atom stereocenters. The molecule has 0 amide bonds. The van der Waals surface area contributed by atoms with E-state index < -0.39 is 0 Å². The summed E-state index contributed by atoms with van der Waals surface area (Å²) in [6.07, 6.45) is 0. The zero-order valence-electron chi connectivity index (χ0n) is 9.52. The summed E-state index contributed by atoms with van der Waals surface area (Å²) in [5.74, 6) is 1.21. The average molecular weight is 232 g/mol. The highest BCUT2D eigenvalue weighted by Crippen LogP contribution is 2.15. The molecule has 0 saturated carbocycles. The van der Waals surface area contributed by atoms with Gasteiger partial charge < -0.3 is 9.47 Å². The minimum atomic E-state index is -0.262. The summed E-state index contributed by atoms with van der Waals surface area (Å²) < 4.78 is 23.2. The zero-order chi connectivity index (χ0) is 12.1. The molecule has 17 heavy (non-hydrogen) atoms. The second-order valence-corrected chi connectivity index (χ2v) is 3.59. The first kappa shape index (κ1) is 11.5. The predicted molar refractivity (Wildman–Crippen MR) is 63.7 cm³/mol. The highest BCUT2D eigenvalue weighted by atomic mass is 19.1. The molecule has 2 nitrogen and oxygen atoms in total. The molecule has 0 fully saturated rings. The van der Waals surface area contributed by atoms with Crippen molar-refractivity contribution < 1.29 is 13.9 Å². The SMILES string of the molecule is COc1ccc(COc2ccc(F)cc2)cc1. The lowest BCUT2D eigenvalue weighted by atomic mass is 10.2. The second-order valence-electron chi connectivity index (χ2n) is 3.59. The summed E-state index contributed by atoms with van der Waals surface area (Å²) in [7, 11) is 1.63. The van der Waals surface area contributed by atoms with Crippen molar-refractivity contribution >= 4 is 0 Å². The third kappa shape index (κ3) is 3.21. The van der Waals surface area contributed by atoms with Gasteiger partial charge in [-0.2, -0.15) is 0 Å². The molecular weight excluding hydrogens is 219 g/mol. The third-order valence-corrected chi connectivity index (χ3v) is 2.38. The van der Waals surface area contributed by atoms with E-state index in [1.165, 1.54) is 12.1 Å². The molecule has 2 rings (SSSR count). The van der Waals surface area contributed by atoms with Gasteiger partial charge in [-0.25, -0.2) is 4.39 Å². The van der Waals surface area contributed by atoms with Crippen LogP contribution in [0.25, 0.3) is 0 Å². The van der Waals surface area contributed by atoms with Gasteiger partial charge in [-0.1, -0.05) is 12.1 Å². The Hall–Kier alpha value is -2.03. The van der Waals surface area contributed by atoms with Crippen molar-refractivity contribution in [1.82, 2.24) is 0 Å². The number of halogens is 1. The van der Waals surface area contributed by atoms with Gasteiger partial charge in [0.2, 0.25) is 0 Å². The fourth-order valence-electron chi connectivity index (χ4n) is 1.42. The van der Waals surface area contributed by atoms with Crippen molar-refractivity contribution in [2.24, 2.45) is 0 Å². The quantitative estimate of drug-likeness (QED) is 0.804. The molecule has 0 heterocycles. The van der Waals surface area contributed by atoms with Crippen LogP contribution < -0.4 is 9.47 Å². The summed E-state index contributed by atoms with van der Waals surface area (Å²) >= 11 is 0. The van der Waals surface area contributed by atoms with Crippen LogP contribution in [0.4, 0.5) is 4.39 Å². The van der Waals surface area contributed by atoms with Crippen LogP contribution in [-0.2, 0) is 6.61 Å². The third-order valence-electron chi connectivity index (χ3n) is 2.38. The van der Waals surface area contributed by atoms with Gasteiger partial charge in [-0.3, -0.25) is 0 Å². The van der Waals surface area contributed by atoms with E-state index in [1.807, 2.05) is 24.3 Å². The number of rotatable bonds is 4. The van der Waals surface area contributed by atoms with Crippen LogP contribution in [0.1, 0.15) is 5.56 Å². The molecule has 0 aliphatic carbocycles. The highest BCUT2D eigenvalue weighted by molar-refractivity contribution is 5.28. The molecule has 3 heteroatoms. The molecule has 0 N–H and O–H groups in total. The first-order valence-corrected chi connectivity index (χ1v) is 5.29. The number of ether oxygens (including phenoxy) is 2. The van der Waals surface area contributed by atoms with E-state index in [4.69, 9.17) is 9.47 Å². The van der Waals surface area contributed by atoms with Gasteiger partial charge in [0.25, 0.3) is 0 Å². The fourth-order valence-corrected chi connectivity index (χ4v) is 1.42. The Morgan fingerprint density at radius 3 is 2.06 bits per heavy atom. The summed E-state index contributed by atoms with van der Waals surface area (Å²) in [4.78, 5) is 0. The molecule has 0 aliphatic rings. The highest BCUT2D eigenvalue weighted by Gasteiger charge is 1.97. The Balaban J connectivity index is 1.95. The molecule has 0 radical (unpaired) electrons. The first-order chi connectivity index (χ1) is 8.28. The molecule has 88 valence electrons. The van der Waals surface area contributed by atoms with E-state index in [2.05, 4.69) is 0 Å². The van der Waals surface area contributed by atoms with Crippen molar-refractivity contribution in [3.63, 3.8) is 0 Å². The normalized spacial score (nSPS) is 10.0. The van der Waals surface area contributed by atoms with Gasteiger partial charge >= 0.3 is 0 Å². The molecule has 2 aromatic rings. The lowest BCUT2D eigenvalue weighted by molar-refractivity contribution is 0.305. The van der Waals surface area contributed by atoms with E-state index in [1.54, 1.807) is 19.2 Å². The van der Waals surface area contributed by atoms with Crippen molar-refractivity contribution in [2.45, 2.75) is 6.61 Å². The standard InChI is InChI=1S/C14H13FO2/c1-16-13-6-2-11(3-7-13)10-17-14-8-4-12(15)5-9-14/h2-9H,10H2,1H3. The molecule has 0 aromatic heterocycles. The lowest BCUT2D eigenvalue weighted by Gasteiger charge is -2.06. The average Bonchev–Trinajstić information content (AvgIpc) is 2.39. The van der Waals surface area contributed by atoms with Crippen LogP contribution in [0.2, 0.25) is 0 Å². The van der Waals surface area contributed by atoms with Crippen LogP contribution in [0.3, 0.4) is 0 Å². The lowest BCUT2D eigenvalue weighted by Crippen LogP contribution is -1.95. The van der Waals surface area contributed by atoms with Crippen molar-refractivity contribution in [1.29, 1.82) is 0 Å². The van der Waals surface area contributed by atoms with Crippen LogP contribution in [0.5, 0.6) is 11.5 Å². The minimum Gasteiger partial charge on any atom is -0.497 e. The second kappa shape index (κ2) is 5.34. The summed E-state index contributed by atoms with van der Waals surface area (Å²) in [6, 6.07) is 13.6. The van der Waals surface area contributed by atoms with Gasteiger partial charge in [0, 0.05) is 0 Å². The van der Waals surface area contributed by atoms with Gasteiger partial charge in [0.15, 0.2) is 0 Å². The maximum absolute atomic E-state index is 12.7. The molecular formula is C14H13FO2. The van der Waals surface area contributed by atoms with Gasteiger partial charge in [-0.05, 0) is 42.0 Å². The fraction of sp³-hybridized carbons (Fsp3) is 0.143. The van der Waals surface area contributed by atoms with Crippen LogP contribution in [0, 0.1) is 5.82 Å². The minimum absolute atomic E-state index is 0.262. The summed E-state index contributed by atoms with van der Waals surface area (Å²) in [6.45, 7) is 0.454. The van der Waals surface area contributed by atoms with E-state index >= 15 is 0 Å². The van der Waals surface area contributed by atoms with E-state index in [0.29, 0.717) is 12.4 Å². The summed E-state index contributed by atoms with van der Waals surface area (Å²) in [5.41, 5.74) is 1.04. The number of hydrogen-bond acceptors (Lipinski definition) is 2. The van der Waals surface area contributed by atoms with E-state index in [0.717, 1.165) is 11.3 Å². The Morgan fingerprint density at radius 2 is 1.47 bits per heavy atom. The number of benzene rings is 2. The van der Waals surface area contributed by atoms with Crippen molar-refractivity contribution in [2.75, 3.05) is 7.11 Å². The molecule has 0 saturated heterocycles. The maximum atomic E-state index is 12.7. The molecule has 2 aromatic carbocycles. The molecule has 0 aliphatic heterocycles. The maximum Gasteiger partial charge on any atom is 0.123 e. The Bertz CT molecular complexity index is 463. The predicted octanol–water partition coefficient (Wildman–Crippen LogP) is 3.41. The Morgan fingerprint density at radius 1 is 0.882 bits per heavy atom. The number of hydrogen-bond donors (Lipinski definition) is 0. The zero-order valence-corrected chi connectivity index (χ0v) is 9.52. The van der Waals surface area contributed by atoms with E-state index in [-0.39, 0.29) is 5.82 Å². The monoisotopic (exact) mass is 232 g/mol.